The molecule has 0 fully saturated rings. The van der Waals surface area contributed by atoms with Gasteiger partial charge in [-0.25, -0.2) is 0 Å². The molecule has 0 N–H and O–H groups in total. The van der Waals surface area contributed by atoms with Crippen LogP contribution in [-0.4, -0.2) is 15.0 Å². The Morgan fingerprint density at radius 1 is 0.500 bits per heavy atom. The number of fused-ring (bicyclic) bond motifs is 6. The summed E-state index contributed by atoms with van der Waals surface area (Å²) in [5.41, 5.74) is 16.3. The molecule has 3 nitrogen and oxygen atoms in total. The van der Waals surface area contributed by atoms with Crippen molar-refractivity contribution in [1.82, 2.24) is 15.0 Å². The van der Waals surface area contributed by atoms with Crippen LogP contribution in [0.1, 0.15) is 58.4 Å². The van der Waals surface area contributed by atoms with Crippen molar-refractivity contribution in [3.63, 3.8) is 0 Å². The minimum atomic E-state index is -0.0908. The molecule has 9 aromatic rings. The van der Waals surface area contributed by atoms with Gasteiger partial charge in [-0.05, 0) is 105 Å². The largest absolute Gasteiger partial charge is 3.00 e. The fourth-order valence-electron chi connectivity index (χ4n) is 7.71. The van der Waals surface area contributed by atoms with Gasteiger partial charge < -0.3 is 15.0 Å². The molecule has 10 rings (SSSR count). The van der Waals surface area contributed by atoms with Crippen molar-refractivity contribution in [1.29, 1.82) is 0 Å². The summed E-state index contributed by atoms with van der Waals surface area (Å²) in [5, 5.41) is 7.78. The first kappa shape index (κ1) is 40.4. The topological polar surface area (TPSA) is 38.7 Å². The van der Waals surface area contributed by atoms with Gasteiger partial charge in [-0.2, -0.15) is 0 Å². The number of rotatable bonds is 2. The Hall–Kier alpha value is -5.80. The molecule has 3 aromatic heterocycles. The van der Waals surface area contributed by atoms with Crippen LogP contribution >= 0.6 is 0 Å². The van der Waals surface area contributed by atoms with E-state index in [1.807, 2.05) is 36.8 Å². The van der Waals surface area contributed by atoms with Crippen LogP contribution in [0.25, 0.3) is 66.1 Å². The molecule has 0 amide bonds. The minimum Gasteiger partial charge on any atom is -0.304 e. The second-order valence-electron chi connectivity index (χ2n) is 15.8. The van der Waals surface area contributed by atoms with Crippen LogP contribution in [0.2, 0.25) is 0 Å². The molecule has 4 heteroatoms. The van der Waals surface area contributed by atoms with E-state index in [4.69, 9.17) is 4.98 Å². The van der Waals surface area contributed by atoms with Gasteiger partial charge in [0.2, 0.25) is 0 Å². The van der Waals surface area contributed by atoms with E-state index in [0.29, 0.717) is 0 Å². The average Bonchev–Trinajstić information content (AvgIpc) is 3.23. The summed E-state index contributed by atoms with van der Waals surface area (Å²) in [6, 6.07) is 50.5. The van der Waals surface area contributed by atoms with Gasteiger partial charge >= 0.3 is 20.1 Å². The number of aromatic nitrogens is 3. The third-order valence-electron chi connectivity index (χ3n) is 11.4. The molecule has 0 aliphatic heterocycles. The van der Waals surface area contributed by atoms with Gasteiger partial charge in [-0.15, -0.1) is 106 Å². The quantitative estimate of drug-likeness (QED) is 0.128. The molecular weight excluding hydrogens is 883 g/mol. The summed E-state index contributed by atoms with van der Waals surface area (Å²) in [5.74, 6) is 0. The molecule has 0 radical (unpaired) electrons. The Bertz CT molecular complexity index is 2830. The summed E-state index contributed by atoms with van der Waals surface area (Å²) in [6.07, 6.45) is 5.77. The molecule has 1 aliphatic carbocycles. The van der Waals surface area contributed by atoms with Crippen molar-refractivity contribution >= 4 is 32.3 Å². The maximum Gasteiger partial charge on any atom is 3.00 e. The molecule has 3 heterocycles. The molecule has 286 valence electrons. The molecule has 6 aromatic carbocycles. The predicted molar refractivity (Wildman–Crippen MR) is 239 cm³/mol. The first-order valence-corrected chi connectivity index (χ1v) is 19.6. The molecule has 0 saturated heterocycles. The van der Waals surface area contributed by atoms with Gasteiger partial charge in [-0.1, -0.05) is 93.4 Å². The number of hydrogen-bond donors (Lipinski definition) is 0. The van der Waals surface area contributed by atoms with Gasteiger partial charge in [0, 0.05) is 18.6 Å². The smallest absolute Gasteiger partial charge is 0.304 e. The predicted octanol–water partition coefficient (Wildman–Crippen LogP) is 13.6. The van der Waals surface area contributed by atoms with Crippen molar-refractivity contribution in [3.8, 4) is 33.8 Å². The molecule has 0 unspecified atom stereocenters. The Kier molecular flexibility index (Phi) is 11.6. The average molecular weight is 929 g/mol. The summed E-state index contributed by atoms with van der Waals surface area (Å²) >= 11 is 0. The van der Waals surface area contributed by atoms with Crippen LogP contribution in [-0.2, 0) is 25.5 Å². The van der Waals surface area contributed by atoms with E-state index < -0.39 is 0 Å². The van der Waals surface area contributed by atoms with Crippen molar-refractivity contribution in [2.75, 3.05) is 0 Å². The van der Waals surface area contributed by atoms with Crippen LogP contribution in [0, 0.1) is 59.7 Å². The number of benzene rings is 6. The molecule has 0 bridgehead atoms. The van der Waals surface area contributed by atoms with Crippen LogP contribution in [0.4, 0.5) is 0 Å². The van der Waals surface area contributed by atoms with E-state index in [9.17, 15) is 0 Å². The maximum atomic E-state index is 4.78. The molecule has 0 spiro atoms. The standard InChI is InChI=1S/C26H18N.2C14H14N.Ir/c1-26(2)22-10-6-5-9-20(22)25-24-19(13-14-27-25)18-12-11-16-7-3-4-8-17(16)21(18)15-23(24)26;2*1-10-4-6-13(7-5-10)14-8-11(2)12(3)9-15-14;/h3-8,10-15H,1-2H3;2*4-6,8-9H,1-3H3;/q3*-1;+3. The zero-order chi connectivity index (χ0) is 39.8. The number of pyridine rings is 3. The summed E-state index contributed by atoms with van der Waals surface area (Å²) in [6.45, 7) is 17.1. The Morgan fingerprint density at radius 3 is 1.71 bits per heavy atom. The third kappa shape index (κ3) is 7.75. The SMILES string of the molecule is CC1(C)c2ccc[c-]c2-c2nccc3c2c1cc1c2ccccc2ccc31.Cc1c[c-]c(-c2cc(C)c(C)cn2)cc1.Cc1c[c-]c(-c2cc(C)c(C)cn2)cc1.[Ir+3]. The van der Waals surface area contributed by atoms with Crippen molar-refractivity contribution in [3.05, 3.63) is 197 Å². The van der Waals surface area contributed by atoms with Crippen LogP contribution in [0.3, 0.4) is 0 Å². The third-order valence-corrected chi connectivity index (χ3v) is 11.4. The van der Waals surface area contributed by atoms with E-state index in [-0.39, 0.29) is 25.5 Å². The van der Waals surface area contributed by atoms with Gasteiger partial charge in [0.15, 0.2) is 0 Å². The second kappa shape index (κ2) is 16.6. The van der Waals surface area contributed by atoms with Gasteiger partial charge in [0.25, 0.3) is 0 Å². The second-order valence-corrected chi connectivity index (χ2v) is 15.8. The number of hydrogen-bond acceptors (Lipinski definition) is 3. The molecule has 1 aliphatic rings. The molecule has 0 atom stereocenters. The summed E-state index contributed by atoms with van der Waals surface area (Å²) < 4.78 is 0. The van der Waals surface area contributed by atoms with Gasteiger partial charge in [0.05, 0.1) is 0 Å². The molecule has 0 saturated carbocycles. The fraction of sp³-hybridized carbons (Fsp3) is 0.167. The number of nitrogens with zero attached hydrogens (tertiary/aromatic N) is 3. The van der Waals surface area contributed by atoms with Crippen molar-refractivity contribution < 1.29 is 20.1 Å². The minimum absolute atomic E-state index is 0. The van der Waals surface area contributed by atoms with Crippen LogP contribution in [0.5, 0.6) is 0 Å². The van der Waals surface area contributed by atoms with E-state index in [0.717, 1.165) is 33.8 Å². The maximum absolute atomic E-state index is 4.78. The Balaban J connectivity index is 0.000000142. The van der Waals surface area contributed by atoms with Crippen LogP contribution in [0.15, 0.2) is 134 Å². The molecule has 58 heavy (non-hydrogen) atoms. The Morgan fingerprint density at radius 2 is 1.12 bits per heavy atom. The zero-order valence-electron chi connectivity index (χ0n) is 34.4. The van der Waals surface area contributed by atoms with E-state index >= 15 is 0 Å². The first-order chi connectivity index (χ1) is 27.5. The fourth-order valence-corrected chi connectivity index (χ4v) is 7.71. The monoisotopic (exact) mass is 929 g/mol. The van der Waals surface area contributed by atoms with E-state index in [2.05, 4.69) is 181 Å². The molecular formula is C54H46IrN3. The number of aryl methyl sites for hydroxylation is 6. The van der Waals surface area contributed by atoms with Crippen LogP contribution < -0.4 is 0 Å². The van der Waals surface area contributed by atoms with Gasteiger partial charge in [0.1, 0.15) is 0 Å². The van der Waals surface area contributed by atoms with Crippen molar-refractivity contribution in [2.45, 2.75) is 60.8 Å². The van der Waals surface area contributed by atoms with Crippen molar-refractivity contribution in [2.24, 2.45) is 0 Å². The van der Waals surface area contributed by atoms with E-state index in [1.54, 1.807) is 0 Å². The normalized spacial score (nSPS) is 12.1. The van der Waals surface area contributed by atoms with Gasteiger partial charge in [-0.3, -0.25) is 0 Å². The first-order valence-electron chi connectivity index (χ1n) is 19.6. The summed E-state index contributed by atoms with van der Waals surface area (Å²) in [7, 11) is 0. The van der Waals surface area contributed by atoms with E-state index in [1.165, 1.54) is 76.8 Å². The Labute approximate surface area is 356 Å². The zero-order valence-corrected chi connectivity index (χ0v) is 36.8. The summed E-state index contributed by atoms with van der Waals surface area (Å²) in [4.78, 5) is 13.6.